The number of nitrogens with zero attached hydrogens (tertiary/aromatic N) is 4. The minimum Gasteiger partial charge on any atom is -0.477 e. The van der Waals surface area contributed by atoms with Crippen LogP contribution < -0.4 is 11.1 Å². The highest BCUT2D eigenvalue weighted by Crippen LogP contribution is 2.41. The Morgan fingerprint density at radius 2 is 2.26 bits per heavy atom. The molecule has 3 atom stereocenters. The van der Waals surface area contributed by atoms with Crippen molar-refractivity contribution in [1.82, 2.24) is 20.1 Å². The first kappa shape index (κ1) is 24.6. The van der Waals surface area contributed by atoms with Gasteiger partial charge < -0.3 is 26.3 Å². The Bertz CT molecular complexity index is 1090. The van der Waals surface area contributed by atoms with Crippen LogP contribution in [0.4, 0.5) is 5.13 Å². The van der Waals surface area contributed by atoms with Crippen molar-refractivity contribution in [1.29, 1.82) is 0 Å². The van der Waals surface area contributed by atoms with E-state index in [0.717, 1.165) is 30.1 Å². The molecule has 14 heteroatoms. The number of β-lactam (4-membered cyclic amide) rings is 1. The topological polar surface area (TPSA) is 161 Å². The lowest BCUT2D eigenvalue weighted by molar-refractivity contribution is -0.150. The number of nitrogens with two attached hydrogens (primary N) is 1. The summed E-state index contributed by atoms with van der Waals surface area (Å²) in [6.45, 7) is 1.10. The first-order valence-corrected chi connectivity index (χ1v) is 13.4. The fourth-order valence-electron chi connectivity index (χ4n) is 4.08. The first-order chi connectivity index (χ1) is 16.3. The van der Waals surface area contributed by atoms with Crippen LogP contribution in [0.25, 0.3) is 0 Å². The summed E-state index contributed by atoms with van der Waals surface area (Å²) in [5, 5.41) is 27.5. The molecule has 2 fully saturated rings. The number of nitrogen functional groups attached to an aromatic ring is 1. The maximum absolute atomic E-state index is 12.8. The SMILES string of the molecule is CN1CCC[C@H]1CS/C=C/C1=C(C(=O)O)N2C(=O)[C@@H](NC(=O)C(=NO)c3csc(N)n3)[C@H]2SC1. The minimum absolute atomic E-state index is 0.0718. The molecule has 11 nitrogen and oxygen atoms in total. The summed E-state index contributed by atoms with van der Waals surface area (Å²) in [5.41, 5.74) is 5.75. The normalized spacial score (nSPS) is 25.6. The van der Waals surface area contributed by atoms with E-state index in [1.54, 1.807) is 17.8 Å². The molecule has 34 heavy (non-hydrogen) atoms. The molecule has 0 saturated carbocycles. The number of allylic oxidation sites excluding steroid dienone is 1. The molecule has 3 aliphatic rings. The van der Waals surface area contributed by atoms with Crippen molar-refractivity contribution in [3.05, 3.63) is 33.8 Å². The Morgan fingerprint density at radius 3 is 2.88 bits per heavy atom. The van der Waals surface area contributed by atoms with E-state index in [9.17, 15) is 24.7 Å². The van der Waals surface area contributed by atoms with Gasteiger partial charge >= 0.3 is 5.97 Å². The second-order valence-corrected chi connectivity index (χ2v) is 10.9. The number of hydrogen-bond donors (Lipinski definition) is 4. The number of nitrogens with one attached hydrogen (secondary N) is 1. The average Bonchev–Trinajstić information content (AvgIpc) is 3.42. The largest absolute Gasteiger partial charge is 0.477 e. The number of fused-ring (bicyclic) bond motifs is 1. The second kappa shape index (κ2) is 10.4. The monoisotopic (exact) mass is 524 g/mol. The van der Waals surface area contributed by atoms with Crippen LogP contribution in [0.5, 0.6) is 0 Å². The lowest BCUT2D eigenvalue weighted by Gasteiger charge is -2.49. The van der Waals surface area contributed by atoms with Crippen molar-refractivity contribution >= 4 is 63.5 Å². The van der Waals surface area contributed by atoms with Gasteiger partial charge in [-0.3, -0.25) is 14.5 Å². The van der Waals surface area contributed by atoms with Gasteiger partial charge in [-0.15, -0.1) is 34.9 Å². The molecule has 1 aromatic rings. The molecule has 0 aromatic carbocycles. The maximum Gasteiger partial charge on any atom is 0.352 e. The quantitative estimate of drug-likeness (QED) is 0.167. The van der Waals surface area contributed by atoms with Crippen LogP contribution in [0.1, 0.15) is 18.5 Å². The Hall–Kier alpha value is -2.55. The summed E-state index contributed by atoms with van der Waals surface area (Å²) >= 11 is 4.07. The highest BCUT2D eigenvalue weighted by atomic mass is 32.2. The van der Waals surface area contributed by atoms with E-state index in [0.29, 0.717) is 17.4 Å². The van der Waals surface area contributed by atoms with E-state index < -0.39 is 29.2 Å². The van der Waals surface area contributed by atoms with Gasteiger partial charge in [-0.2, -0.15) is 0 Å². The zero-order valence-corrected chi connectivity index (χ0v) is 20.7. The van der Waals surface area contributed by atoms with Gasteiger partial charge in [0.25, 0.3) is 11.8 Å². The van der Waals surface area contributed by atoms with Crippen LogP contribution in [0.15, 0.2) is 33.3 Å². The van der Waals surface area contributed by atoms with Crippen LogP contribution in [-0.2, 0) is 14.4 Å². The molecule has 2 saturated heterocycles. The van der Waals surface area contributed by atoms with E-state index in [1.165, 1.54) is 28.5 Å². The Balaban J connectivity index is 1.42. The standard InChI is InChI=1S/C20H24N6O5S3/c1-25-5-2-3-11(25)8-32-6-4-10-7-33-18-14(17(28)26(18)15(10)19(29)30)23-16(27)13(24-31)12-9-34-20(21)22-12/h4,6,9,11,14,18,31H,2-3,5,7-8H2,1H3,(H2,21,22)(H,23,27)(H,29,30)/b6-4+,24-13?/t11-,14+,18+/m0/s1. The van der Waals surface area contributed by atoms with Crippen molar-refractivity contribution in [3.63, 3.8) is 0 Å². The predicted octanol–water partition coefficient (Wildman–Crippen LogP) is 0.983. The Labute approximate surface area is 208 Å². The molecule has 1 aromatic heterocycles. The van der Waals surface area contributed by atoms with E-state index in [-0.39, 0.29) is 22.2 Å². The molecule has 3 aliphatic heterocycles. The zero-order valence-electron chi connectivity index (χ0n) is 18.2. The van der Waals surface area contributed by atoms with E-state index >= 15 is 0 Å². The van der Waals surface area contributed by atoms with Gasteiger partial charge in [-0.1, -0.05) is 5.16 Å². The van der Waals surface area contributed by atoms with Crippen LogP contribution in [-0.4, -0.2) is 91.1 Å². The average molecular weight is 525 g/mol. The third kappa shape index (κ3) is 4.80. The molecule has 182 valence electrons. The Morgan fingerprint density at radius 1 is 1.47 bits per heavy atom. The summed E-state index contributed by atoms with van der Waals surface area (Å²) in [4.78, 5) is 44.8. The van der Waals surface area contributed by atoms with Crippen molar-refractivity contribution in [3.8, 4) is 0 Å². The van der Waals surface area contributed by atoms with Crippen molar-refractivity contribution < 1.29 is 24.7 Å². The first-order valence-electron chi connectivity index (χ1n) is 10.5. The number of likely N-dealkylation sites (tertiary alicyclic amines) is 1. The van der Waals surface area contributed by atoms with Crippen molar-refractivity contribution in [2.45, 2.75) is 30.3 Å². The number of thioether (sulfide) groups is 2. The van der Waals surface area contributed by atoms with Crippen molar-refractivity contribution in [2.75, 3.05) is 30.8 Å². The third-order valence-electron chi connectivity index (χ3n) is 5.89. The van der Waals surface area contributed by atoms with Gasteiger partial charge in [0, 0.05) is 22.9 Å². The van der Waals surface area contributed by atoms with Crippen LogP contribution in [0.3, 0.4) is 0 Å². The highest BCUT2D eigenvalue weighted by molar-refractivity contribution is 8.02. The van der Waals surface area contributed by atoms with Crippen molar-refractivity contribution in [2.24, 2.45) is 5.16 Å². The molecule has 0 unspecified atom stereocenters. The van der Waals surface area contributed by atoms with E-state index in [4.69, 9.17) is 5.73 Å². The number of amides is 2. The van der Waals surface area contributed by atoms with Crippen LogP contribution >= 0.6 is 34.9 Å². The molecule has 0 bridgehead atoms. The van der Waals surface area contributed by atoms with Crippen LogP contribution in [0, 0.1) is 0 Å². The molecule has 4 rings (SSSR count). The van der Waals surface area contributed by atoms with E-state index in [1.807, 2.05) is 5.41 Å². The number of hydrogen-bond acceptors (Lipinski definition) is 11. The molecule has 0 spiro atoms. The fourth-order valence-corrected chi connectivity index (χ4v) is 6.96. The number of aliphatic carboxylic acids is 1. The van der Waals surface area contributed by atoms with Gasteiger partial charge in [0.15, 0.2) is 10.8 Å². The number of carboxylic acid groups (broad SMARTS) is 1. The number of carbonyl (C=O) groups excluding carboxylic acids is 2. The van der Waals surface area contributed by atoms with Crippen LogP contribution in [0.2, 0.25) is 0 Å². The maximum atomic E-state index is 12.8. The minimum atomic E-state index is -1.20. The van der Waals surface area contributed by atoms with Gasteiger partial charge in [-0.05, 0) is 43.5 Å². The Kier molecular flexibility index (Phi) is 7.50. The number of oxime groups is 1. The molecule has 4 heterocycles. The summed E-state index contributed by atoms with van der Waals surface area (Å²) < 4.78 is 0. The zero-order chi connectivity index (χ0) is 24.4. The number of carboxylic acids is 1. The number of rotatable bonds is 8. The molecule has 0 radical (unpaired) electrons. The number of aromatic nitrogens is 1. The molecule has 5 N–H and O–H groups in total. The summed E-state index contributed by atoms with van der Waals surface area (Å²) in [6, 6.07) is -0.431. The van der Waals surface area contributed by atoms with Gasteiger partial charge in [0.2, 0.25) is 0 Å². The lowest BCUT2D eigenvalue weighted by atomic mass is 10.0. The predicted molar refractivity (Wildman–Crippen MR) is 132 cm³/mol. The second-order valence-electron chi connectivity index (χ2n) is 7.97. The highest BCUT2D eigenvalue weighted by Gasteiger charge is 2.54. The number of carbonyl (C=O) groups is 3. The number of thiazole rings is 1. The van der Waals surface area contributed by atoms with Gasteiger partial charge in [-0.25, -0.2) is 9.78 Å². The smallest absolute Gasteiger partial charge is 0.352 e. The molecule has 2 amide bonds. The van der Waals surface area contributed by atoms with Gasteiger partial charge in [0.1, 0.15) is 22.8 Å². The molecular weight excluding hydrogens is 500 g/mol. The summed E-state index contributed by atoms with van der Waals surface area (Å²) in [6.07, 6.45) is 4.11. The third-order valence-corrected chi connectivity index (χ3v) is 8.77. The lowest BCUT2D eigenvalue weighted by Crippen LogP contribution is -2.71. The van der Waals surface area contributed by atoms with E-state index in [2.05, 4.69) is 27.4 Å². The number of anilines is 1. The van der Waals surface area contributed by atoms with Gasteiger partial charge in [0.05, 0.1) is 0 Å². The fraction of sp³-hybridized carbons (Fsp3) is 0.450. The summed E-state index contributed by atoms with van der Waals surface area (Å²) in [5.74, 6) is -1.23. The molecule has 0 aliphatic carbocycles. The molecular formula is C20H24N6O5S3. The summed E-state index contributed by atoms with van der Waals surface area (Å²) in [7, 11) is 2.11.